The summed E-state index contributed by atoms with van der Waals surface area (Å²) in [4.78, 5) is 27.2. The number of rotatable bonds is 5. The first-order chi connectivity index (χ1) is 17.7. The summed E-state index contributed by atoms with van der Waals surface area (Å²) in [5.74, 6) is 1.09. The van der Waals surface area contributed by atoms with Gasteiger partial charge in [-0.2, -0.15) is 5.10 Å². The van der Waals surface area contributed by atoms with Gasteiger partial charge in [0.05, 0.1) is 35.2 Å². The minimum Gasteiger partial charge on any atom is -0.473 e. The van der Waals surface area contributed by atoms with Gasteiger partial charge in [0.15, 0.2) is 0 Å². The van der Waals surface area contributed by atoms with E-state index in [9.17, 15) is 4.79 Å². The summed E-state index contributed by atoms with van der Waals surface area (Å²) in [6, 6.07) is 5.54. The minimum absolute atomic E-state index is 0.00423. The number of carbonyl (C=O) groups is 1. The third-order valence-electron chi connectivity index (χ3n) is 6.33. The molecule has 5 rings (SSSR count). The highest BCUT2D eigenvalue weighted by atomic mass is 35.5. The van der Waals surface area contributed by atoms with Crippen molar-refractivity contribution in [2.45, 2.75) is 39.4 Å². The molecular formula is C25H30ClN7O4. The Hall–Kier alpha value is -3.44. The van der Waals surface area contributed by atoms with Crippen LogP contribution >= 0.6 is 11.6 Å². The number of piperidine rings is 1. The highest BCUT2D eigenvalue weighted by molar-refractivity contribution is 6.33. The molecule has 1 amide bonds. The maximum Gasteiger partial charge on any atom is 0.410 e. The molecule has 2 fully saturated rings. The van der Waals surface area contributed by atoms with Crippen LogP contribution in [0.1, 0.15) is 26.3 Å². The molecule has 2 bridgehead atoms. The van der Waals surface area contributed by atoms with Crippen molar-refractivity contribution in [3.63, 3.8) is 0 Å². The minimum atomic E-state index is -0.545. The Morgan fingerprint density at radius 1 is 1.16 bits per heavy atom. The van der Waals surface area contributed by atoms with Gasteiger partial charge in [-0.25, -0.2) is 24.4 Å². The molecule has 12 heteroatoms. The van der Waals surface area contributed by atoms with Crippen molar-refractivity contribution in [2.24, 2.45) is 11.8 Å². The normalized spacial score (nSPS) is 21.4. The van der Waals surface area contributed by atoms with Crippen LogP contribution in [-0.2, 0) is 9.47 Å². The number of carbonyl (C=O) groups excluding carboxylic acids is 1. The van der Waals surface area contributed by atoms with E-state index in [0.717, 1.165) is 11.3 Å². The van der Waals surface area contributed by atoms with Crippen molar-refractivity contribution in [1.29, 1.82) is 0 Å². The lowest BCUT2D eigenvalue weighted by Crippen LogP contribution is -2.59. The molecular weight excluding hydrogens is 498 g/mol. The SMILES string of the molecule is Cc1c(Nc2ccc(-n3cncn3)cc2Cl)ncnc1OC1C2COCC1CN(C(=O)OC(C)(C)C)C2. The molecule has 3 aromatic rings. The van der Waals surface area contributed by atoms with Gasteiger partial charge in [0.25, 0.3) is 0 Å². The molecule has 1 aromatic carbocycles. The van der Waals surface area contributed by atoms with Gasteiger partial charge in [0.2, 0.25) is 5.88 Å². The van der Waals surface area contributed by atoms with Gasteiger partial charge in [0, 0.05) is 24.9 Å². The van der Waals surface area contributed by atoms with Crippen LogP contribution in [0.15, 0.2) is 37.2 Å². The monoisotopic (exact) mass is 527 g/mol. The van der Waals surface area contributed by atoms with Gasteiger partial charge in [0.1, 0.15) is 36.5 Å². The number of hydrogen-bond acceptors (Lipinski definition) is 9. The summed E-state index contributed by atoms with van der Waals surface area (Å²) in [5.41, 5.74) is 1.70. The second kappa shape index (κ2) is 10.1. The molecule has 2 aliphatic rings. The van der Waals surface area contributed by atoms with E-state index in [-0.39, 0.29) is 24.0 Å². The van der Waals surface area contributed by atoms with Gasteiger partial charge in [-0.3, -0.25) is 0 Å². The van der Waals surface area contributed by atoms with E-state index in [2.05, 4.69) is 25.4 Å². The molecule has 0 saturated carbocycles. The maximum atomic E-state index is 12.7. The number of hydrogen-bond donors (Lipinski definition) is 1. The average molecular weight is 528 g/mol. The molecule has 2 atom stereocenters. The van der Waals surface area contributed by atoms with Crippen molar-refractivity contribution in [3.05, 3.63) is 47.8 Å². The van der Waals surface area contributed by atoms with Crippen LogP contribution in [0.3, 0.4) is 0 Å². The van der Waals surface area contributed by atoms with Crippen molar-refractivity contribution >= 4 is 29.2 Å². The molecule has 196 valence electrons. The second-order valence-corrected chi connectivity index (χ2v) is 10.7. The molecule has 0 aliphatic carbocycles. The molecule has 2 aromatic heterocycles. The zero-order valence-electron chi connectivity index (χ0n) is 21.2. The number of halogens is 1. The Balaban J connectivity index is 1.30. The van der Waals surface area contributed by atoms with Crippen LogP contribution in [0, 0.1) is 18.8 Å². The van der Waals surface area contributed by atoms with Crippen molar-refractivity contribution in [2.75, 3.05) is 31.6 Å². The smallest absolute Gasteiger partial charge is 0.410 e. The lowest BCUT2D eigenvalue weighted by molar-refractivity contribution is -0.113. The molecule has 2 aliphatic heterocycles. The third-order valence-corrected chi connectivity index (χ3v) is 6.64. The maximum absolute atomic E-state index is 12.7. The topological polar surface area (TPSA) is 117 Å². The Morgan fingerprint density at radius 2 is 1.92 bits per heavy atom. The number of aromatic nitrogens is 5. The Labute approximate surface area is 220 Å². The molecule has 37 heavy (non-hydrogen) atoms. The number of benzene rings is 1. The van der Waals surface area contributed by atoms with Crippen LogP contribution in [-0.4, -0.2) is 73.7 Å². The second-order valence-electron chi connectivity index (χ2n) is 10.3. The largest absolute Gasteiger partial charge is 0.473 e. The first-order valence-corrected chi connectivity index (χ1v) is 12.5. The van der Waals surface area contributed by atoms with Gasteiger partial charge < -0.3 is 24.4 Å². The number of amides is 1. The summed E-state index contributed by atoms with van der Waals surface area (Å²) in [7, 11) is 0. The summed E-state index contributed by atoms with van der Waals surface area (Å²) < 4.78 is 19.5. The average Bonchev–Trinajstić information content (AvgIpc) is 3.36. The molecule has 4 heterocycles. The fraction of sp³-hybridized carbons (Fsp3) is 0.480. The van der Waals surface area contributed by atoms with Crippen LogP contribution in [0.25, 0.3) is 5.69 Å². The predicted octanol–water partition coefficient (Wildman–Crippen LogP) is 4.02. The highest BCUT2D eigenvalue weighted by Gasteiger charge is 2.44. The van der Waals surface area contributed by atoms with Gasteiger partial charge in [-0.05, 0) is 45.9 Å². The first kappa shape index (κ1) is 25.2. The van der Waals surface area contributed by atoms with E-state index in [1.54, 1.807) is 22.0 Å². The van der Waals surface area contributed by atoms with Crippen LogP contribution in [0.4, 0.5) is 16.3 Å². The fourth-order valence-electron chi connectivity index (χ4n) is 4.59. The Bertz CT molecular complexity index is 1250. The predicted molar refractivity (Wildman–Crippen MR) is 136 cm³/mol. The number of likely N-dealkylation sites (tertiary alicyclic amines) is 1. The molecule has 2 saturated heterocycles. The third kappa shape index (κ3) is 5.62. The summed E-state index contributed by atoms with van der Waals surface area (Å²) in [6.45, 7) is 9.51. The first-order valence-electron chi connectivity index (χ1n) is 12.1. The highest BCUT2D eigenvalue weighted by Crippen LogP contribution is 2.35. The fourth-order valence-corrected chi connectivity index (χ4v) is 4.81. The molecule has 0 spiro atoms. The van der Waals surface area contributed by atoms with Gasteiger partial charge in [-0.1, -0.05) is 11.6 Å². The van der Waals surface area contributed by atoms with E-state index in [1.807, 2.05) is 39.8 Å². The Kier molecular flexibility index (Phi) is 6.91. The summed E-state index contributed by atoms with van der Waals surface area (Å²) >= 11 is 6.53. The standard InChI is InChI=1S/C25H30ClN7O4/c1-15-22(31-20-6-5-18(7-19(20)26)33-14-27-12-30-33)28-13-29-23(15)36-21-16-8-32(9-17(21)11-35-10-16)24(34)37-25(2,3)4/h5-7,12-14,16-17,21H,8-11H2,1-4H3,(H,28,29,31). The molecule has 11 nitrogen and oxygen atoms in total. The van der Waals surface area contributed by atoms with Gasteiger partial charge in [-0.15, -0.1) is 0 Å². The van der Waals surface area contributed by atoms with E-state index in [4.69, 9.17) is 25.8 Å². The van der Waals surface area contributed by atoms with E-state index in [0.29, 0.717) is 48.7 Å². The lowest BCUT2D eigenvalue weighted by Gasteiger charge is -2.46. The van der Waals surface area contributed by atoms with Crippen molar-refractivity contribution in [1.82, 2.24) is 29.6 Å². The van der Waals surface area contributed by atoms with Crippen LogP contribution in [0.5, 0.6) is 5.88 Å². The van der Waals surface area contributed by atoms with E-state index in [1.165, 1.54) is 12.7 Å². The Morgan fingerprint density at radius 3 is 2.57 bits per heavy atom. The van der Waals surface area contributed by atoms with E-state index >= 15 is 0 Å². The summed E-state index contributed by atoms with van der Waals surface area (Å²) in [5, 5.41) is 7.92. The number of nitrogens with one attached hydrogen (secondary N) is 1. The van der Waals surface area contributed by atoms with Crippen molar-refractivity contribution in [3.8, 4) is 11.6 Å². The molecule has 0 radical (unpaired) electrons. The number of fused-ring (bicyclic) bond motifs is 2. The zero-order valence-corrected chi connectivity index (χ0v) is 22.0. The number of nitrogens with zero attached hydrogens (tertiary/aromatic N) is 6. The number of anilines is 2. The molecule has 1 N–H and O–H groups in total. The van der Waals surface area contributed by atoms with Crippen LogP contribution < -0.4 is 10.1 Å². The van der Waals surface area contributed by atoms with Crippen molar-refractivity contribution < 1.29 is 19.0 Å². The van der Waals surface area contributed by atoms with E-state index < -0.39 is 5.60 Å². The zero-order chi connectivity index (χ0) is 26.2. The quantitative estimate of drug-likeness (QED) is 0.525. The summed E-state index contributed by atoms with van der Waals surface area (Å²) in [6.07, 6.45) is 4.09. The molecule has 2 unspecified atom stereocenters. The van der Waals surface area contributed by atoms with Gasteiger partial charge >= 0.3 is 6.09 Å². The number of ether oxygens (including phenoxy) is 3. The lowest BCUT2D eigenvalue weighted by atomic mass is 9.84. The van der Waals surface area contributed by atoms with Crippen LogP contribution in [0.2, 0.25) is 5.02 Å².